The van der Waals surface area contributed by atoms with E-state index in [1.807, 2.05) is 18.2 Å². The summed E-state index contributed by atoms with van der Waals surface area (Å²) in [6.45, 7) is 1.94. The second-order valence-electron chi connectivity index (χ2n) is 4.92. The van der Waals surface area contributed by atoms with E-state index in [4.69, 9.17) is 16.3 Å². The number of esters is 1. The Kier molecular flexibility index (Phi) is 5.60. The summed E-state index contributed by atoms with van der Waals surface area (Å²) >= 11 is 5.96. The minimum absolute atomic E-state index is 0.224. The van der Waals surface area contributed by atoms with Crippen LogP contribution in [0.5, 0.6) is 0 Å². The van der Waals surface area contributed by atoms with Gasteiger partial charge in [-0.2, -0.15) is 0 Å². The smallest absolute Gasteiger partial charge is 0.337 e. The van der Waals surface area contributed by atoms with Crippen LogP contribution in [0.2, 0.25) is 5.02 Å². The van der Waals surface area contributed by atoms with E-state index in [0.29, 0.717) is 28.5 Å². The number of benzene rings is 2. The van der Waals surface area contributed by atoms with Gasteiger partial charge in [-0.15, -0.1) is 0 Å². The molecule has 0 bridgehead atoms. The average Bonchev–Trinajstić information content (AvgIpc) is 2.52. The van der Waals surface area contributed by atoms with Crippen LogP contribution in [-0.2, 0) is 16.1 Å². The number of carbonyl (C=O) groups excluding carboxylic acids is 2. The van der Waals surface area contributed by atoms with E-state index in [0.717, 1.165) is 5.56 Å². The number of rotatable bonds is 5. The summed E-state index contributed by atoms with van der Waals surface area (Å²) in [5.41, 5.74) is 2.59. The highest BCUT2D eigenvalue weighted by Gasteiger charge is 2.11. The maximum absolute atomic E-state index is 11.6. The third kappa shape index (κ3) is 4.72. The van der Waals surface area contributed by atoms with E-state index < -0.39 is 5.97 Å². The van der Waals surface area contributed by atoms with Gasteiger partial charge in [-0.25, -0.2) is 4.79 Å². The molecule has 0 radical (unpaired) electrons. The van der Waals surface area contributed by atoms with Gasteiger partial charge in [0.15, 0.2) is 0 Å². The van der Waals surface area contributed by atoms with Gasteiger partial charge < -0.3 is 15.4 Å². The van der Waals surface area contributed by atoms with E-state index in [2.05, 4.69) is 10.6 Å². The van der Waals surface area contributed by atoms with Crippen LogP contribution in [-0.4, -0.2) is 19.0 Å². The first-order valence-electron chi connectivity index (χ1n) is 6.98. The lowest BCUT2D eigenvalue weighted by molar-refractivity contribution is -0.114. The molecule has 0 saturated carbocycles. The molecule has 0 fully saturated rings. The summed E-state index contributed by atoms with van der Waals surface area (Å²) in [5.74, 6) is -0.684. The van der Waals surface area contributed by atoms with Gasteiger partial charge in [0.1, 0.15) is 0 Å². The van der Waals surface area contributed by atoms with E-state index >= 15 is 0 Å². The van der Waals surface area contributed by atoms with Crippen LogP contribution in [0.25, 0.3) is 0 Å². The molecule has 0 spiro atoms. The molecule has 0 saturated heterocycles. The molecule has 23 heavy (non-hydrogen) atoms. The van der Waals surface area contributed by atoms with E-state index in [1.54, 1.807) is 24.3 Å². The Morgan fingerprint density at radius 3 is 2.57 bits per heavy atom. The highest BCUT2D eigenvalue weighted by molar-refractivity contribution is 6.30. The maximum Gasteiger partial charge on any atom is 0.337 e. The normalized spacial score (nSPS) is 10.0. The second kappa shape index (κ2) is 7.65. The lowest BCUT2D eigenvalue weighted by Crippen LogP contribution is -2.11. The fourth-order valence-corrected chi connectivity index (χ4v) is 2.29. The van der Waals surface area contributed by atoms with Crippen molar-refractivity contribution in [2.24, 2.45) is 0 Å². The van der Waals surface area contributed by atoms with Gasteiger partial charge >= 0.3 is 5.97 Å². The largest absolute Gasteiger partial charge is 0.465 e. The zero-order chi connectivity index (χ0) is 16.8. The van der Waals surface area contributed by atoms with Crippen LogP contribution >= 0.6 is 11.6 Å². The lowest BCUT2D eigenvalue weighted by atomic mass is 10.1. The molecule has 120 valence electrons. The number of amides is 1. The summed E-state index contributed by atoms with van der Waals surface area (Å²) in [4.78, 5) is 23.0. The van der Waals surface area contributed by atoms with Crippen LogP contribution in [0.1, 0.15) is 22.8 Å². The first-order chi connectivity index (χ1) is 11.0. The van der Waals surface area contributed by atoms with Gasteiger partial charge in [0.05, 0.1) is 24.0 Å². The van der Waals surface area contributed by atoms with Gasteiger partial charge in [0, 0.05) is 18.5 Å². The molecule has 0 aromatic heterocycles. The van der Waals surface area contributed by atoms with Crippen LogP contribution < -0.4 is 10.6 Å². The van der Waals surface area contributed by atoms with Crippen LogP contribution in [0, 0.1) is 0 Å². The van der Waals surface area contributed by atoms with Crippen molar-refractivity contribution in [3.63, 3.8) is 0 Å². The summed E-state index contributed by atoms with van der Waals surface area (Å²) < 4.78 is 4.69. The lowest BCUT2D eigenvalue weighted by Gasteiger charge is -2.14. The topological polar surface area (TPSA) is 67.4 Å². The van der Waals surface area contributed by atoms with E-state index in [1.165, 1.54) is 14.0 Å². The standard InChI is InChI=1S/C17H17ClN2O3/c1-11(21)20-16-9-13(17(22)23-2)6-7-15(16)19-10-12-4-3-5-14(18)8-12/h3-9,19H,10H2,1-2H3,(H,20,21). The number of anilines is 2. The number of hydrogen-bond donors (Lipinski definition) is 2. The molecule has 2 rings (SSSR count). The Bertz CT molecular complexity index is 732. The van der Waals surface area contributed by atoms with Gasteiger partial charge in [-0.05, 0) is 35.9 Å². The molecule has 5 nitrogen and oxygen atoms in total. The van der Waals surface area contributed by atoms with E-state index in [9.17, 15) is 9.59 Å². The van der Waals surface area contributed by atoms with Crippen molar-refractivity contribution in [1.29, 1.82) is 0 Å². The molecule has 2 aromatic carbocycles. The number of carbonyl (C=O) groups is 2. The first-order valence-corrected chi connectivity index (χ1v) is 7.35. The monoisotopic (exact) mass is 332 g/mol. The molecule has 2 N–H and O–H groups in total. The van der Waals surface area contributed by atoms with Gasteiger partial charge in [-0.1, -0.05) is 23.7 Å². The quantitative estimate of drug-likeness (QED) is 0.819. The third-order valence-electron chi connectivity index (χ3n) is 3.12. The summed E-state index contributed by atoms with van der Waals surface area (Å²) in [7, 11) is 1.31. The Morgan fingerprint density at radius 1 is 1.13 bits per heavy atom. The summed E-state index contributed by atoms with van der Waals surface area (Å²) in [6, 6.07) is 12.4. The minimum Gasteiger partial charge on any atom is -0.465 e. The average molecular weight is 333 g/mol. The SMILES string of the molecule is COC(=O)c1ccc(NCc2cccc(Cl)c2)c(NC(C)=O)c1. The Balaban J connectivity index is 2.22. The predicted molar refractivity (Wildman–Crippen MR) is 90.9 cm³/mol. The van der Waals surface area contributed by atoms with Crippen molar-refractivity contribution in [3.05, 3.63) is 58.6 Å². The van der Waals surface area contributed by atoms with Gasteiger partial charge in [-0.3, -0.25) is 4.79 Å². The fourth-order valence-electron chi connectivity index (χ4n) is 2.08. The Morgan fingerprint density at radius 2 is 1.91 bits per heavy atom. The summed E-state index contributed by atoms with van der Waals surface area (Å²) in [6.07, 6.45) is 0. The highest BCUT2D eigenvalue weighted by atomic mass is 35.5. The summed E-state index contributed by atoms with van der Waals surface area (Å²) in [5, 5.41) is 6.59. The van der Waals surface area contributed by atoms with Crippen molar-refractivity contribution in [2.45, 2.75) is 13.5 Å². The molecular formula is C17H17ClN2O3. The molecule has 0 aliphatic rings. The molecule has 0 heterocycles. The van der Waals surface area contributed by atoms with Crippen LogP contribution in [0.15, 0.2) is 42.5 Å². The number of methoxy groups -OCH3 is 1. The Hall–Kier alpha value is -2.53. The zero-order valence-corrected chi connectivity index (χ0v) is 13.6. The molecule has 0 aliphatic heterocycles. The van der Waals surface area contributed by atoms with Crippen LogP contribution in [0.4, 0.5) is 11.4 Å². The minimum atomic E-state index is -0.460. The van der Waals surface area contributed by atoms with Gasteiger partial charge in [0.2, 0.25) is 5.91 Å². The third-order valence-corrected chi connectivity index (χ3v) is 3.36. The highest BCUT2D eigenvalue weighted by Crippen LogP contribution is 2.25. The van der Waals surface area contributed by atoms with E-state index in [-0.39, 0.29) is 5.91 Å². The molecule has 0 unspecified atom stereocenters. The van der Waals surface area contributed by atoms with Crippen molar-refractivity contribution in [1.82, 2.24) is 0 Å². The molecule has 0 atom stereocenters. The van der Waals surface area contributed by atoms with Crippen molar-refractivity contribution < 1.29 is 14.3 Å². The zero-order valence-electron chi connectivity index (χ0n) is 12.9. The Labute approximate surface area is 139 Å². The molecule has 6 heteroatoms. The maximum atomic E-state index is 11.6. The first kappa shape index (κ1) is 16.8. The second-order valence-corrected chi connectivity index (χ2v) is 5.35. The number of nitrogens with one attached hydrogen (secondary N) is 2. The number of hydrogen-bond acceptors (Lipinski definition) is 4. The van der Waals surface area contributed by atoms with Gasteiger partial charge in [0.25, 0.3) is 0 Å². The molecule has 2 aromatic rings. The van der Waals surface area contributed by atoms with Crippen LogP contribution in [0.3, 0.4) is 0 Å². The number of halogens is 1. The van der Waals surface area contributed by atoms with Crippen molar-refractivity contribution >= 4 is 34.9 Å². The number of ether oxygens (including phenoxy) is 1. The molecule has 1 amide bonds. The molecular weight excluding hydrogens is 316 g/mol. The van der Waals surface area contributed by atoms with Crippen molar-refractivity contribution in [2.75, 3.05) is 17.7 Å². The predicted octanol–water partition coefficient (Wildman–Crippen LogP) is 3.70. The fraction of sp³-hybridized carbons (Fsp3) is 0.176. The van der Waals surface area contributed by atoms with Crippen molar-refractivity contribution in [3.8, 4) is 0 Å². The molecule has 0 aliphatic carbocycles.